The summed E-state index contributed by atoms with van der Waals surface area (Å²) in [5, 5.41) is 13.1. The second-order valence-corrected chi connectivity index (χ2v) is 11.7. The van der Waals surface area contributed by atoms with Gasteiger partial charge in [-0.05, 0) is 91.7 Å². The third-order valence-electron chi connectivity index (χ3n) is 8.10. The molecule has 7 rings (SSSR count). The van der Waals surface area contributed by atoms with Gasteiger partial charge in [0.1, 0.15) is 11.5 Å². The molecule has 0 aliphatic rings. The molecule has 0 atom stereocenters. The Morgan fingerprint density at radius 3 is 2.51 bits per heavy atom. The Labute approximate surface area is 261 Å². The predicted molar refractivity (Wildman–Crippen MR) is 181 cm³/mol. The number of likely N-dealkylation sites (N-methyl/N-ethyl adjacent to an activating group) is 1. The van der Waals surface area contributed by atoms with Gasteiger partial charge in [-0.25, -0.2) is 4.39 Å². The van der Waals surface area contributed by atoms with E-state index in [-0.39, 0.29) is 5.82 Å². The number of rotatable bonds is 10. The summed E-state index contributed by atoms with van der Waals surface area (Å²) in [5.74, 6) is -0.274. The first kappa shape index (κ1) is 28.4. The minimum atomic E-state index is -0.274. The van der Waals surface area contributed by atoms with Crippen LogP contribution in [0.25, 0.3) is 55.6 Å². The smallest absolute Gasteiger partial charge is 0.125 e. The van der Waals surface area contributed by atoms with Crippen LogP contribution in [0.5, 0.6) is 0 Å². The SMILES string of the molecule is CN(C)CCNc1cc(F)cc(-c2cccc3[nH]c(-c4n[nH]c5cnc(-c6cncc(CCc7ccccc7)c6)cc45)cc23)c1. The van der Waals surface area contributed by atoms with Gasteiger partial charge in [0.05, 0.1) is 23.1 Å². The number of aromatic nitrogens is 5. The summed E-state index contributed by atoms with van der Waals surface area (Å²) in [6.45, 7) is 1.58. The lowest BCUT2D eigenvalue weighted by molar-refractivity contribution is 0.425. The topological polar surface area (TPSA) is 85.5 Å². The van der Waals surface area contributed by atoms with Crippen molar-refractivity contribution in [2.75, 3.05) is 32.5 Å². The standard InChI is InChI=1S/C37H34FN7/c1-45(2)14-13-40-29-17-26(16-28(38)18-29)30-9-6-10-33-31(30)19-35(42-33)37-32-20-34(41-23-36(32)43-44-37)27-15-25(21-39-22-27)12-11-24-7-4-3-5-8-24/h3-10,15-23,40,42H,11-14H2,1-2H3,(H,43,44). The maximum atomic E-state index is 14.7. The molecule has 3 aromatic carbocycles. The first-order chi connectivity index (χ1) is 22.0. The van der Waals surface area contributed by atoms with Crippen molar-refractivity contribution in [2.45, 2.75) is 12.8 Å². The van der Waals surface area contributed by atoms with Gasteiger partial charge in [0.25, 0.3) is 0 Å². The van der Waals surface area contributed by atoms with E-state index in [0.29, 0.717) is 0 Å². The van der Waals surface area contributed by atoms with E-state index in [1.165, 1.54) is 17.2 Å². The molecule has 0 fully saturated rings. The van der Waals surface area contributed by atoms with Gasteiger partial charge in [0.15, 0.2) is 0 Å². The number of anilines is 1. The molecule has 0 saturated heterocycles. The average Bonchev–Trinajstić information content (AvgIpc) is 3.68. The van der Waals surface area contributed by atoms with Crippen LogP contribution < -0.4 is 5.32 Å². The van der Waals surface area contributed by atoms with Crippen molar-refractivity contribution in [1.82, 2.24) is 30.0 Å². The Balaban J connectivity index is 1.20. The molecule has 0 aliphatic heterocycles. The Kier molecular flexibility index (Phi) is 7.80. The summed E-state index contributed by atoms with van der Waals surface area (Å²) in [6.07, 6.45) is 7.47. The van der Waals surface area contributed by atoms with Crippen molar-refractivity contribution >= 4 is 27.5 Å². The number of aryl methyl sites for hydroxylation is 2. The first-order valence-electron chi connectivity index (χ1n) is 15.1. The second kappa shape index (κ2) is 12.3. The fourth-order valence-electron chi connectivity index (χ4n) is 5.78. The maximum Gasteiger partial charge on any atom is 0.125 e. The first-order valence-corrected chi connectivity index (χ1v) is 15.1. The summed E-state index contributed by atoms with van der Waals surface area (Å²) in [4.78, 5) is 14.9. The van der Waals surface area contributed by atoms with Crippen molar-refractivity contribution in [1.29, 1.82) is 0 Å². The van der Waals surface area contributed by atoms with Crippen LogP contribution >= 0.6 is 0 Å². The fourth-order valence-corrected chi connectivity index (χ4v) is 5.78. The van der Waals surface area contributed by atoms with E-state index >= 15 is 0 Å². The van der Waals surface area contributed by atoms with Gasteiger partial charge >= 0.3 is 0 Å². The Bertz CT molecular complexity index is 2100. The molecule has 8 heteroatoms. The highest BCUT2D eigenvalue weighted by Gasteiger charge is 2.16. The number of H-pyrrole nitrogens is 2. The number of halogens is 1. The summed E-state index contributed by atoms with van der Waals surface area (Å²) in [7, 11) is 4.04. The van der Waals surface area contributed by atoms with E-state index in [2.05, 4.69) is 72.8 Å². The molecule has 0 spiro atoms. The number of hydrogen-bond donors (Lipinski definition) is 3. The highest BCUT2D eigenvalue weighted by molar-refractivity contribution is 6.01. The van der Waals surface area contributed by atoms with Crippen molar-refractivity contribution in [3.63, 3.8) is 0 Å². The molecular weight excluding hydrogens is 561 g/mol. The fraction of sp³-hybridized carbons (Fsp3) is 0.162. The van der Waals surface area contributed by atoms with Crippen molar-refractivity contribution in [3.05, 3.63) is 120 Å². The van der Waals surface area contributed by atoms with Crippen molar-refractivity contribution in [3.8, 4) is 33.8 Å². The van der Waals surface area contributed by atoms with E-state index < -0.39 is 0 Å². The monoisotopic (exact) mass is 595 g/mol. The number of fused-ring (bicyclic) bond motifs is 2. The lowest BCUT2D eigenvalue weighted by Crippen LogP contribution is -2.20. The minimum Gasteiger partial charge on any atom is -0.384 e. The molecule has 0 unspecified atom stereocenters. The predicted octanol–water partition coefficient (Wildman–Crippen LogP) is 7.73. The second-order valence-electron chi connectivity index (χ2n) is 11.7. The molecule has 4 heterocycles. The zero-order chi connectivity index (χ0) is 30.8. The van der Waals surface area contributed by atoms with E-state index in [1.54, 1.807) is 6.07 Å². The zero-order valence-corrected chi connectivity index (χ0v) is 25.3. The average molecular weight is 596 g/mol. The number of benzene rings is 3. The van der Waals surface area contributed by atoms with Crippen molar-refractivity contribution in [2.24, 2.45) is 0 Å². The van der Waals surface area contributed by atoms with E-state index in [1.807, 2.05) is 63.0 Å². The van der Waals surface area contributed by atoms with E-state index in [0.717, 1.165) is 87.2 Å². The maximum absolute atomic E-state index is 14.7. The van der Waals surface area contributed by atoms with E-state index in [9.17, 15) is 4.39 Å². The van der Waals surface area contributed by atoms with Crippen LogP contribution in [0.3, 0.4) is 0 Å². The Morgan fingerprint density at radius 1 is 0.778 bits per heavy atom. The van der Waals surface area contributed by atoms with Crippen LogP contribution in [0.2, 0.25) is 0 Å². The molecule has 45 heavy (non-hydrogen) atoms. The van der Waals surface area contributed by atoms with Crippen LogP contribution in [0.1, 0.15) is 11.1 Å². The summed E-state index contributed by atoms with van der Waals surface area (Å²) in [6, 6.07) is 28.0. The molecule has 0 radical (unpaired) electrons. The van der Waals surface area contributed by atoms with Gasteiger partial charge in [0.2, 0.25) is 0 Å². The molecule has 3 N–H and O–H groups in total. The molecule has 0 bridgehead atoms. The molecule has 0 saturated carbocycles. The van der Waals surface area contributed by atoms with E-state index in [4.69, 9.17) is 4.98 Å². The number of hydrogen-bond acceptors (Lipinski definition) is 5. The number of nitrogens with one attached hydrogen (secondary N) is 3. The highest BCUT2D eigenvalue weighted by atomic mass is 19.1. The Hall–Kier alpha value is -5.34. The quantitative estimate of drug-likeness (QED) is 0.151. The van der Waals surface area contributed by atoms with Gasteiger partial charge in [-0.3, -0.25) is 15.1 Å². The van der Waals surface area contributed by atoms with Crippen molar-refractivity contribution < 1.29 is 4.39 Å². The molecule has 224 valence electrons. The van der Waals surface area contributed by atoms with Crippen LogP contribution in [-0.4, -0.2) is 57.2 Å². The number of pyridine rings is 2. The summed E-state index contributed by atoms with van der Waals surface area (Å²) < 4.78 is 14.7. The lowest BCUT2D eigenvalue weighted by Gasteiger charge is -2.13. The third kappa shape index (κ3) is 6.18. The number of aromatic amines is 2. The van der Waals surface area contributed by atoms with Gasteiger partial charge in [-0.15, -0.1) is 0 Å². The molecule has 7 aromatic rings. The molecular formula is C37H34FN7. The lowest BCUT2D eigenvalue weighted by atomic mass is 10.0. The molecule has 4 aromatic heterocycles. The summed E-state index contributed by atoms with van der Waals surface area (Å²) in [5.41, 5.74) is 10.3. The van der Waals surface area contributed by atoms with Crippen LogP contribution in [-0.2, 0) is 12.8 Å². The zero-order valence-electron chi connectivity index (χ0n) is 25.3. The minimum absolute atomic E-state index is 0.274. The highest BCUT2D eigenvalue weighted by Crippen LogP contribution is 2.36. The van der Waals surface area contributed by atoms with Gasteiger partial charge in [0, 0.05) is 53.0 Å². The summed E-state index contributed by atoms with van der Waals surface area (Å²) >= 11 is 0. The van der Waals surface area contributed by atoms with Crippen LogP contribution in [0.15, 0.2) is 104 Å². The van der Waals surface area contributed by atoms with Gasteiger partial charge < -0.3 is 15.2 Å². The van der Waals surface area contributed by atoms with Crippen LogP contribution in [0.4, 0.5) is 10.1 Å². The molecule has 0 aliphatic carbocycles. The normalized spacial score (nSPS) is 11.6. The number of nitrogens with zero attached hydrogens (tertiary/aromatic N) is 4. The third-order valence-corrected chi connectivity index (χ3v) is 8.10. The molecule has 0 amide bonds. The van der Waals surface area contributed by atoms with Gasteiger partial charge in [-0.2, -0.15) is 5.10 Å². The Morgan fingerprint density at radius 2 is 1.64 bits per heavy atom. The largest absolute Gasteiger partial charge is 0.384 e. The molecule has 7 nitrogen and oxygen atoms in total. The van der Waals surface area contributed by atoms with Gasteiger partial charge in [-0.1, -0.05) is 42.5 Å². The van der Waals surface area contributed by atoms with Crippen LogP contribution in [0, 0.1) is 5.82 Å².